The van der Waals surface area contributed by atoms with Crippen LogP contribution in [-0.2, 0) is 11.3 Å². The summed E-state index contributed by atoms with van der Waals surface area (Å²) in [5.41, 5.74) is 8.28. The van der Waals surface area contributed by atoms with Crippen molar-refractivity contribution < 1.29 is 4.74 Å². The first-order valence-electron chi connectivity index (χ1n) is 6.33. The van der Waals surface area contributed by atoms with Crippen molar-refractivity contribution in [3.05, 3.63) is 34.3 Å². The molecule has 100 valence electrons. The molecule has 1 aromatic carbocycles. The minimum Gasteiger partial charge on any atom is -0.380 e. The van der Waals surface area contributed by atoms with Gasteiger partial charge in [0.05, 0.1) is 6.61 Å². The second-order valence-electron chi connectivity index (χ2n) is 5.07. The Hall–Kier alpha value is -0.610. The number of nitrogens with zero attached hydrogens (tertiary/aromatic N) is 1. The largest absolute Gasteiger partial charge is 0.380 e. The summed E-state index contributed by atoms with van der Waals surface area (Å²) < 4.78 is 5.27. The van der Waals surface area contributed by atoms with Gasteiger partial charge in [-0.05, 0) is 49.2 Å². The van der Waals surface area contributed by atoms with Gasteiger partial charge < -0.3 is 10.5 Å². The van der Waals surface area contributed by atoms with E-state index >= 15 is 0 Å². The number of ether oxygens (including phenoxy) is 1. The Bertz CT molecular complexity index is 411. The molecular weight excluding hydrogens is 248 g/mol. The molecule has 2 rings (SSSR count). The number of halogens is 1. The number of methoxy groups -OCH3 is 1. The fourth-order valence-electron chi connectivity index (χ4n) is 2.80. The fourth-order valence-corrected chi connectivity index (χ4v) is 2.98. The first-order chi connectivity index (χ1) is 8.65. The highest BCUT2D eigenvalue weighted by atomic mass is 35.5. The van der Waals surface area contributed by atoms with Gasteiger partial charge in [-0.25, -0.2) is 0 Å². The smallest absolute Gasteiger partial charge is 0.0716 e. The zero-order valence-electron chi connectivity index (χ0n) is 11.0. The van der Waals surface area contributed by atoms with Gasteiger partial charge in [0.15, 0.2) is 0 Å². The van der Waals surface area contributed by atoms with Crippen LogP contribution in [-0.4, -0.2) is 32.1 Å². The van der Waals surface area contributed by atoms with E-state index in [2.05, 4.69) is 24.1 Å². The third kappa shape index (κ3) is 2.86. The molecule has 0 aromatic heterocycles. The summed E-state index contributed by atoms with van der Waals surface area (Å²) in [4.78, 5) is 2.36. The summed E-state index contributed by atoms with van der Waals surface area (Å²) in [6.07, 6.45) is 1.10. The lowest BCUT2D eigenvalue weighted by Gasteiger charge is -2.22. The molecule has 1 fully saturated rings. The van der Waals surface area contributed by atoms with Gasteiger partial charge >= 0.3 is 0 Å². The molecule has 4 heteroatoms. The highest BCUT2D eigenvalue weighted by Crippen LogP contribution is 2.36. The molecule has 1 saturated heterocycles. The van der Waals surface area contributed by atoms with Crippen molar-refractivity contribution in [1.82, 2.24) is 4.90 Å². The Kier molecular flexibility index (Phi) is 4.62. The van der Waals surface area contributed by atoms with Crippen LogP contribution in [0.2, 0.25) is 5.02 Å². The average Bonchev–Trinajstić information content (AvgIpc) is 2.73. The van der Waals surface area contributed by atoms with Gasteiger partial charge in [0.25, 0.3) is 0 Å². The van der Waals surface area contributed by atoms with Crippen molar-refractivity contribution in [2.24, 2.45) is 11.7 Å². The monoisotopic (exact) mass is 268 g/mol. The van der Waals surface area contributed by atoms with Gasteiger partial charge in [-0.2, -0.15) is 0 Å². The van der Waals surface area contributed by atoms with Gasteiger partial charge in [-0.1, -0.05) is 17.7 Å². The summed E-state index contributed by atoms with van der Waals surface area (Å²) in [6, 6.07) is 6.46. The predicted octanol–water partition coefficient (Wildman–Crippen LogP) is 2.44. The van der Waals surface area contributed by atoms with Crippen molar-refractivity contribution in [2.45, 2.75) is 19.1 Å². The maximum absolute atomic E-state index is 6.13. The number of nitrogens with two attached hydrogens (primary N) is 1. The lowest BCUT2D eigenvalue weighted by Crippen LogP contribution is -2.21. The molecule has 0 spiro atoms. The second kappa shape index (κ2) is 6.02. The Morgan fingerprint density at radius 2 is 2.28 bits per heavy atom. The summed E-state index contributed by atoms with van der Waals surface area (Å²) in [5, 5.41) is 0.787. The van der Waals surface area contributed by atoms with Crippen molar-refractivity contribution in [1.29, 1.82) is 0 Å². The van der Waals surface area contributed by atoms with Crippen molar-refractivity contribution in [3.63, 3.8) is 0 Å². The van der Waals surface area contributed by atoms with Crippen LogP contribution < -0.4 is 5.73 Å². The molecular formula is C14H21ClN2O. The maximum atomic E-state index is 6.13. The van der Waals surface area contributed by atoms with Crippen molar-refractivity contribution in [2.75, 3.05) is 27.2 Å². The average molecular weight is 269 g/mol. The van der Waals surface area contributed by atoms with E-state index in [0.717, 1.165) is 24.5 Å². The van der Waals surface area contributed by atoms with Crippen LogP contribution in [0, 0.1) is 5.92 Å². The molecule has 0 aliphatic carbocycles. The van der Waals surface area contributed by atoms with Crippen LogP contribution in [0.25, 0.3) is 0 Å². The van der Waals surface area contributed by atoms with Gasteiger partial charge in [0, 0.05) is 24.7 Å². The fraction of sp³-hybridized carbons (Fsp3) is 0.571. The van der Waals surface area contributed by atoms with Crippen LogP contribution in [0.3, 0.4) is 0 Å². The van der Waals surface area contributed by atoms with Gasteiger partial charge in [0.2, 0.25) is 0 Å². The van der Waals surface area contributed by atoms with E-state index < -0.39 is 0 Å². The summed E-state index contributed by atoms with van der Waals surface area (Å²) >= 11 is 6.13. The minimum absolute atomic E-state index is 0.405. The zero-order chi connectivity index (χ0) is 13.1. The van der Waals surface area contributed by atoms with E-state index in [9.17, 15) is 0 Å². The summed E-state index contributed by atoms with van der Waals surface area (Å²) in [7, 11) is 3.87. The Morgan fingerprint density at radius 1 is 1.50 bits per heavy atom. The molecule has 1 heterocycles. The van der Waals surface area contributed by atoms with E-state index in [1.54, 1.807) is 7.11 Å². The second-order valence-corrected chi connectivity index (χ2v) is 5.51. The Balaban J connectivity index is 2.28. The molecule has 1 aromatic rings. The van der Waals surface area contributed by atoms with E-state index in [-0.39, 0.29) is 0 Å². The highest BCUT2D eigenvalue weighted by molar-refractivity contribution is 6.30. The number of likely N-dealkylation sites (tertiary alicyclic amines) is 1. The molecule has 0 radical (unpaired) electrons. The van der Waals surface area contributed by atoms with E-state index in [4.69, 9.17) is 22.1 Å². The highest BCUT2D eigenvalue weighted by Gasteiger charge is 2.31. The van der Waals surface area contributed by atoms with E-state index in [1.807, 2.05) is 6.07 Å². The summed E-state index contributed by atoms with van der Waals surface area (Å²) in [6.45, 7) is 2.44. The van der Waals surface area contributed by atoms with Crippen LogP contribution in [0.4, 0.5) is 0 Å². The molecule has 3 nitrogen and oxygen atoms in total. The van der Waals surface area contributed by atoms with E-state index in [0.29, 0.717) is 18.6 Å². The van der Waals surface area contributed by atoms with Crippen LogP contribution >= 0.6 is 11.6 Å². The normalized spacial score (nSPS) is 24.7. The molecule has 0 amide bonds. The molecule has 0 saturated carbocycles. The molecule has 1 aliphatic rings. The standard InChI is InChI=1S/C14H21ClN2O/c1-17-8-10(7-16)5-14(17)13-6-12(15)4-3-11(13)9-18-2/h3-4,6,10,14H,5,7-9,16H2,1-2H3. The first kappa shape index (κ1) is 13.8. The number of rotatable bonds is 4. The SMILES string of the molecule is COCc1ccc(Cl)cc1C1CC(CN)CN1C. The maximum Gasteiger partial charge on any atom is 0.0716 e. The van der Waals surface area contributed by atoms with Gasteiger partial charge in [-0.3, -0.25) is 4.90 Å². The minimum atomic E-state index is 0.405. The molecule has 2 atom stereocenters. The molecule has 1 aliphatic heterocycles. The van der Waals surface area contributed by atoms with E-state index in [1.165, 1.54) is 11.1 Å². The number of benzene rings is 1. The molecule has 2 unspecified atom stereocenters. The summed E-state index contributed by atoms with van der Waals surface area (Å²) in [5.74, 6) is 0.578. The zero-order valence-corrected chi connectivity index (χ0v) is 11.8. The van der Waals surface area contributed by atoms with Crippen LogP contribution in [0.5, 0.6) is 0 Å². The third-order valence-electron chi connectivity index (χ3n) is 3.73. The number of hydrogen-bond donors (Lipinski definition) is 1. The van der Waals surface area contributed by atoms with Gasteiger partial charge in [0.1, 0.15) is 0 Å². The Labute approximate surface area is 114 Å². The predicted molar refractivity (Wildman–Crippen MR) is 74.7 cm³/mol. The van der Waals surface area contributed by atoms with Crippen LogP contribution in [0.15, 0.2) is 18.2 Å². The number of hydrogen-bond acceptors (Lipinski definition) is 3. The lowest BCUT2D eigenvalue weighted by atomic mass is 9.96. The Morgan fingerprint density at radius 3 is 2.89 bits per heavy atom. The lowest BCUT2D eigenvalue weighted by molar-refractivity contribution is 0.182. The molecule has 18 heavy (non-hydrogen) atoms. The topological polar surface area (TPSA) is 38.5 Å². The first-order valence-corrected chi connectivity index (χ1v) is 6.71. The molecule has 0 bridgehead atoms. The van der Waals surface area contributed by atoms with Crippen LogP contribution in [0.1, 0.15) is 23.6 Å². The van der Waals surface area contributed by atoms with Gasteiger partial charge in [-0.15, -0.1) is 0 Å². The van der Waals surface area contributed by atoms with Crippen molar-refractivity contribution >= 4 is 11.6 Å². The molecule has 2 N–H and O–H groups in total. The third-order valence-corrected chi connectivity index (χ3v) is 3.97. The van der Waals surface area contributed by atoms with Crippen molar-refractivity contribution in [3.8, 4) is 0 Å². The quantitative estimate of drug-likeness (QED) is 0.912.